The van der Waals surface area contributed by atoms with Gasteiger partial charge in [-0.1, -0.05) is 12.1 Å². The van der Waals surface area contributed by atoms with Crippen molar-refractivity contribution in [2.45, 2.75) is 48.8 Å². The smallest absolute Gasteiger partial charge is 0.235 e. The van der Waals surface area contributed by atoms with Gasteiger partial charge in [-0.2, -0.15) is 0 Å². The molecule has 1 aromatic carbocycles. The number of pyridine rings is 2. The summed E-state index contributed by atoms with van der Waals surface area (Å²) >= 11 is 1.52. The average molecular weight is 480 g/mol. The molecular weight excluding hydrogens is 450 g/mol. The zero-order chi connectivity index (χ0) is 23.5. The maximum atomic E-state index is 11.6. The van der Waals surface area contributed by atoms with Gasteiger partial charge in [-0.15, -0.1) is 11.8 Å². The molecule has 3 aromatic rings. The average Bonchev–Trinajstić information content (AvgIpc) is 2.86. The largest absolute Gasteiger partial charge is 0.480 e. The van der Waals surface area contributed by atoms with E-state index in [0.717, 1.165) is 39.9 Å². The van der Waals surface area contributed by atoms with Gasteiger partial charge in [0.2, 0.25) is 11.8 Å². The topological polar surface area (TPSA) is 108 Å². The zero-order valence-corrected chi connectivity index (χ0v) is 20.0. The van der Waals surface area contributed by atoms with E-state index in [1.807, 2.05) is 36.4 Å². The molecule has 0 spiro atoms. The molecule has 1 aliphatic heterocycles. The first kappa shape index (κ1) is 22.9. The first-order valence-corrected chi connectivity index (χ1v) is 12.6. The molecule has 4 N–H and O–H groups in total. The van der Waals surface area contributed by atoms with Crippen LogP contribution in [0.2, 0.25) is 0 Å². The first-order chi connectivity index (χ1) is 16.5. The van der Waals surface area contributed by atoms with Crippen molar-refractivity contribution in [3.63, 3.8) is 0 Å². The minimum absolute atomic E-state index is 0.00603. The number of nitrogens with zero attached hydrogens (tertiary/aromatic N) is 2. The zero-order valence-electron chi connectivity index (χ0n) is 19.1. The summed E-state index contributed by atoms with van der Waals surface area (Å²) in [6.07, 6.45) is 4.93. The van der Waals surface area contributed by atoms with Crippen LogP contribution in [0.5, 0.6) is 5.88 Å². The number of carbonyl (C=O) groups excluding carboxylic acids is 1. The molecule has 3 heterocycles. The van der Waals surface area contributed by atoms with Crippen LogP contribution in [0.3, 0.4) is 0 Å². The van der Waals surface area contributed by atoms with Gasteiger partial charge in [0, 0.05) is 31.0 Å². The van der Waals surface area contributed by atoms with Gasteiger partial charge in [0.1, 0.15) is 5.82 Å². The number of amides is 1. The monoisotopic (exact) mass is 479 g/mol. The Morgan fingerprint density at radius 3 is 2.91 bits per heavy atom. The fraction of sp³-hybridized carbons (Fsp3) is 0.400. The molecule has 9 heteroatoms. The van der Waals surface area contributed by atoms with Gasteiger partial charge >= 0.3 is 0 Å². The molecule has 178 valence electrons. The fourth-order valence-corrected chi connectivity index (χ4v) is 5.40. The number of aliphatic hydroxyl groups is 1. The SMILES string of the molecule is COc1nccc2cccc(NCC3(O)CCC(NCc4ccc5c(n4)NC(=O)CS5)CC3)c12. The van der Waals surface area contributed by atoms with Gasteiger partial charge in [-0.25, -0.2) is 9.97 Å². The summed E-state index contributed by atoms with van der Waals surface area (Å²) < 4.78 is 5.45. The molecule has 0 saturated heterocycles. The number of anilines is 2. The second kappa shape index (κ2) is 9.77. The fourth-order valence-electron chi connectivity index (χ4n) is 4.65. The molecule has 2 aromatic heterocycles. The van der Waals surface area contributed by atoms with E-state index >= 15 is 0 Å². The molecule has 1 amide bonds. The first-order valence-electron chi connectivity index (χ1n) is 11.6. The Balaban J connectivity index is 1.15. The number of thioether (sulfide) groups is 1. The number of methoxy groups -OCH3 is 1. The van der Waals surface area contributed by atoms with E-state index in [4.69, 9.17) is 4.74 Å². The maximum absolute atomic E-state index is 11.6. The molecule has 5 rings (SSSR count). The highest BCUT2D eigenvalue weighted by Gasteiger charge is 2.33. The van der Waals surface area contributed by atoms with Crippen LogP contribution in [-0.4, -0.2) is 52.0 Å². The summed E-state index contributed by atoms with van der Waals surface area (Å²) in [6, 6.07) is 12.3. The van der Waals surface area contributed by atoms with Gasteiger partial charge < -0.3 is 25.8 Å². The summed E-state index contributed by atoms with van der Waals surface area (Å²) in [5.41, 5.74) is 1.06. The lowest BCUT2D eigenvalue weighted by atomic mass is 9.82. The molecule has 8 nitrogen and oxygen atoms in total. The Bertz CT molecular complexity index is 1190. The van der Waals surface area contributed by atoms with Crippen LogP contribution < -0.4 is 20.7 Å². The Kier molecular flexibility index (Phi) is 6.58. The highest BCUT2D eigenvalue weighted by atomic mass is 32.2. The van der Waals surface area contributed by atoms with E-state index in [9.17, 15) is 9.90 Å². The molecule has 34 heavy (non-hydrogen) atoms. The molecule has 0 bridgehead atoms. The van der Waals surface area contributed by atoms with Gasteiger partial charge in [0.15, 0.2) is 0 Å². The van der Waals surface area contributed by atoms with Gasteiger partial charge in [0.05, 0.1) is 34.4 Å². The number of hydrogen-bond donors (Lipinski definition) is 4. The molecule has 2 aliphatic rings. The molecule has 1 fully saturated rings. The van der Waals surface area contributed by atoms with Crippen LogP contribution in [0, 0.1) is 0 Å². The minimum atomic E-state index is -0.763. The van der Waals surface area contributed by atoms with Crippen LogP contribution in [0.1, 0.15) is 31.4 Å². The lowest BCUT2D eigenvalue weighted by Crippen LogP contribution is -2.45. The summed E-state index contributed by atoms with van der Waals surface area (Å²) in [5.74, 6) is 1.67. The Hall–Kier alpha value is -2.88. The predicted molar refractivity (Wildman–Crippen MR) is 134 cm³/mol. The van der Waals surface area contributed by atoms with Crippen molar-refractivity contribution >= 4 is 39.9 Å². The van der Waals surface area contributed by atoms with E-state index in [0.29, 0.717) is 49.4 Å². The summed E-state index contributed by atoms with van der Waals surface area (Å²) in [4.78, 5) is 21.5. The number of ether oxygens (including phenoxy) is 1. The summed E-state index contributed by atoms with van der Waals surface area (Å²) in [6.45, 7) is 1.11. The van der Waals surface area contributed by atoms with Crippen LogP contribution in [-0.2, 0) is 11.3 Å². The Morgan fingerprint density at radius 1 is 1.24 bits per heavy atom. The molecule has 1 saturated carbocycles. The standard InChI is InChI=1S/C25H29N5O3S/c1-33-24-22-16(9-12-26-24)3-2-4-19(22)28-15-25(32)10-7-17(8-11-25)27-13-18-5-6-20-23(29-18)30-21(31)14-34-20/h2-6,9,12,17,27-28,32H,7-8,10-11,13-15H2,1H3,(H,29,30,31). The number of rotatable bonds is 7. The summed E-state index contributed by atoms with van der Waals surface area (Å²) in [5, 5.41) is 23.0. The van der Waals surface area contributed by atoms with Crippen LogP contribution in [0.4, 0.5) is 11.5 Å². The van der Waals surface area contributed by atoms with E-state index in [1.165, 1.54) is 11.8 Å². The van der Waals surface area contributed by atoms with E-state index in [2.05, 4.69) is 25.9 Å². The third-order valence-corrected chi connectivity index (χ3v) is 7.63. The number of hydrogen-bond acceptors (Lipinski definition) is 8. The van der Waals surface area contributed by atoms with Crippen molar-refractivity contribution < 1.29 is 14.6 Å². The Morgan fingerprint density at radius 2 is 2.09 bits per heavy atom. The number of aromatic nitrogens is 2. The second-order valence-corrected chi connectivity index (χ2v) is 9.96. The highest BCUT2D eigenvalue weighted by molar-refractivity contribution is 8.00. The van der Waals surface area contributed by atoms with Crippen LogP contribution >= 0.6 is 11.8 Å². The van der Waals surface area contributed by atoms with Gasteiger partial charge in [0.25, 0.3) is 0 Å². The van der Waals surface area contributed by atoms with Crippen molar-refractivity contribution in [1.29, 1.82) is 0 Å². The molecule has 0 unspecified atom stereocenters. The Labute approximate surface area is 202 Å². The van der Waals surface area contributed by atoms with E-state index in [-0.39, 0.29) is 5.91 Å². The molecule has 1 aliphatic carbocycles. The van der Waals surface area contributed by atoms with Crippen molar-refractivity contribution in [3.05, 3.63) is 48.3 Å². The van der Waals surface area contributed by atoms with Gasteiger partial charge in [-0.05, 0) is 55.3 Å². The molecule has 0 radical (unpaired) electrons. The van der Waals surface area contributed by atoms with Gasteiger partial charge in [-0.3, -0.25) is 4.79 Å². The van der Waals surface area contributed by atoms with Crippen molar-refractivity contribution in [3.8, 4) is 5.88 Å². The second-order valence-electron chi connectivity index (χ2n) is 8.94. The lowest BCUT2D eigenvalue weighted by Gasteiger charge is -2.37. The number of nitrogens with one attached hydrogen (secondary N) is 3. The van der Waals surface area contributed by atoms with Crippen molar-refractivity contribution in [1.82, 2.24) is 15.3 Å². The predicted octanol–water partition coefficient (Wildman–Crippen LogP) is 3.56. The third kappa shape index (κ3) is 4.96. The van der Waals surface area contributed by atoms with Crippen molar-refractivity contribution in [2.75, 3.05) is 30.0 Å². The quantitative estimate of drug-likeness (QED) is 0.407. The molecular formula is C25H29N5O3S. The number of carbonyl (C=O) groups is 1. The van der Waals surface area contributed by atoms with Crippen molar-refractivity contribution in [2.24, 2.45) is 0 Å². The molecule has 0 atom stereocenters. The van der Waals surface area contributed by atoms with Crippen LogP contribution in [0.25, 0.3) is 10.8 Å². The van der Waals surface area contributed by atoms with Crippen LogP contribution in [0.15, 0.2) is 47.5 Å². The number of benzene rings is 1. The number of fused-ring (bicyclic) bond motifs is 2. The lowest BCUT2D eigenvalue weighted by molar-refractivity contribution is -0.113. The van der Waals surface area contributed by atoms with E-state index in [1.54, 1.807) is 13.3 Å². The highest BCUT2D eigenvalue weighted by Crippen LogP contribution is 2.33. The normalized spacial score (nSPS) is 22.2. The third-order valence-electron chi connectivity index (χ3n) is 6.58. The minimum Gasteiger partial charge on any atom is -0.480 e. The summed E-state index contributed by atoms with van der Waals surface area (Å²) in [7, 11) is 1.62. The maximum Gasteiger partial charge on any atom is 0.235 e. The van der Waals surface area contributed by atoms with E-state index < -0.39 is 5.60 Å².